The Hall–Kier alpha value is -4.04. The van der Waals surface area contributed by atoms with Gasteiger partial charge in [0.1, 0.15) is 0 Å². The molecule has 4 aromatic rings. The summed E-state index contributed by atoms with van der Waals surface area (Å²) in [5.74, 6) is -0.429. The SMILES string of the molecule is O=C(O)CC(Sc1ccc(NC(=O)c2ccc(Nc3ncc[nH]3)cc2)cc1)c1ccccc1. The van der Waals surface area contributed by atoms with E-state index in [4.69, 9.17) is 0 Å². The summed E-state index contributed by atoms with van der Waals surface area (Å²) in [6.45, 7) is 0. The van der Waals surface area contributed by atoms with Gasteiger partial charge in [0.25, 0.3) is 5.91 Å². The molecule has 0 fully saturated rings. The molecule has 4 N–H and O–H groups in total. The standard InChI is InChI=1S/C25H22N4O3S/c30-23(31)16-22(17-4-2-1-3-5-17)33-21-12-10-19(11-13-21)28-24(32)18-6-8-20(9-7-18)29-25-26-14-15-27-25/h1-15,22H,16H2,(H,28,32)(H,30,31)(H2,26,27,29). The molecule has 33 heavy (non-hydrogen) atoms. The van der Waals surface area contributed by atoms with E-state index < -0.39 is 5.97 Å². The Balaban J connectivity index is 1.37. The highest BCUT2D eigenvalue weighted by Gasteiger charge is 2.17. The fourth-order valence-electron chi connectivity index (χ4n) is 3.21. The lowest BCUT2D eigenvalue weighted by atomic mass is 10.1. The van der Waals surface area contributed by atoms with Crippen molar-refractivity contribution < 1.29 is 14.7 Å². The summed E-state index contributed by atoms with van der Waals surface area (Å²) in [5.41, 5.74) is 2.98. The number of carbonyl (C=O) groups excluding carboxylic acids is 1. The molecule has 0 radical (unpaired) electrons. The molecule has 4 rings (SSSR count). The van der Waals surface area contributed by atoms with E-state index in [-0.39, 0.29) is 17.6 Å². The van der Waals surface area contributed by atoms with Gasteiger partial charge in [-0.05, 0) is 54.1 Å². The fraction of sp³-hybridized carbons (Fsp3) is 0.0800. The molecule has 0 spiro atoms. The predicted molar refractivity (Wildman–Crippen MR) is 130 cm³/mol. The lowest BCUT2D eigenvalue weighted by Gasteiger charge is -2.15. The summed E-state index contributed by atoms with van der Waals surface area (Å²) in [6.07, 6.45) is 3.40. The second kappa shape index (κ2) is 10.5. The highest BCUT2D eigenvalue weighted by atomic mass is 32.2. The molecule has 1 aromatic heterocycles. The van der Waals surface area contributed by atoms with Crippen LogP contribution in [0.4, 0.5) is 17.3 Å². The number of nitrogens with zero attached hydrogens (tertiary/aromatic N) is 1. The van der Waals surface area contributed by atoms with Crippen LogP contribution in [0.25, 0.3) is 0 Å². The Kier molecular flexibility index (Phi) is 7.06. The van der Waals surface area contributed by atoms with Crippen LogP contribution in [0.15, 0.2) is 96.2 Å². The molecule has 166 valence electrons. The lowest BCUT2D eigenvalue weighted by molar-refractivity contribution is -0.137. The van der Waals surface area contributed by atoms with E-state index in [1.54, 1.807) is 24.5 Å². The Morgan fingerprint density at radius 3 is 2.27 bits per heavy atom. The molecule has 1 unspecified atom stereocenters. The summed E-state index contributed by atoms with van der Waals surface area (Å²) < 4.78 is 0. The van der Waals surface area contributed by atoms with E-state index in [0.717, 1.165) is 16.1 Å². The topological polar surface area (TPSA) is 107 Å². The first kappa shape index (κ1) is 22.2. The Bertz CT molecular complexity index is 1190. The molecule has 1 atom stereocenters. The molecule has 0 bridgehead atoms. The average molecular weight is 459 g/mol. The lowest BCUT2D eigenvalue weighted by Crippen LogP contribution is -2.11. The second-order valence-corrected chi connectivity index (χ2v) is 8.51. The molecule has 0 aliphatic heterocycles. The Morgan fingerprint density at radius 2 is 1.64 bits per heavy atom. The van der Waals surface area contributed by atoms with Crippen molar-refractivity contribution in [1.29, 1.82) is 0 Å². The van der Waals surface area contributed by atoms with Crippen molar-refractivity contribution in [3.05, 3.63) is 102 Å². The molecule has 0 saturated carbocycles. The first-order valence-corrected chi connectivity index (χ1v) is 11.2. The minimum Gasteiger partial charge on any atom is -0.481 e. The second-order valence-electron chi connectivity index (χ2n) is 7.23. The number of aliphatic carboxylic acids is 1. The fourth-order valence-corrected chi connectivity index (χ4v) is 4.35. The first-order valence-electron chi connectivity index (χ1n) is 10.3. The number of imidazole rings is 1. The summed E-state index contributed by atoms with van der Waals surface area (Å²) in [4.78, 5) is 31.9. The number of H-pyrrole nitrogens is 1. The van der Waals surface area contributed by atoms with Crippen LogP contribution in [0.5, 0.6) is 0 Å². The van der Waals surface area contributed by atoms with E-state index >= 15 is 0 Å². The Morgan fingerprint density at radius 1 is 0.939 bits per heavy atom. The summed E-state index contributed by atoms with van der Waals surface area (Å²) >= 11 is 1.49. The zero-order valence-corrected chi connectivity index (χ0v) is 18.4. The predicted octanol–water partition coefficient (Wildman–Crippen LogP) is 5.71. The van der Waals surface area contributed by atoms with Crippen molar-refractivity contribution in [3.8, 4) is 0 Å². The van der Waals surface area contributed by atoms with E-state index in [0.29, 0.717) is 17.2 Å². The van der Waals surface area contributed by atoms with E-state index in [2.05, 4.69) is 20.6 Å². The third-order valence-corrected chi connectivity index (χ3v) is 6.10. The van der Waals surface area contributed by atoms with E-state index in [9.17, 15) is 14.7 Å². The number of anilines is 3. The van der Waals surface area contributed by atoms with Crippen molar-refractivity contribution in [2.24, 2.45) is 0 Å². The third-order valence-electron chi connectivity index (χ3n) is 4.83. The summed E-state index contributed by atoms with van der Waals surface area (Å²) in [6, 6.07) is 24.1. The van der Waals surface area contributed by atoms with Crippen LogP contribution >= 0.6 is 11.8 Å². The largest absolute Gasteiger partial charge is 0.481 e. The van der Waals surface area contributed by atoms with Crippen LogP contribution in [0.3, 0.4) is 0 Å². The first-order chi connectivity index (χ1) is 16.1. The number of carboxylic acid groups (broad SMARTS) is 1. The molecule has 0 aliphatic rings. The minimum atomic E-state index is -0.842. The summed E-state index contributed by atoms with van der Waals surface area (Å²) in [7, 11) is 0. The molecule has 1 amide bonds. The average Bonchev–Trinajstić information content (AvgIpc) is 3.34. The number of carboxylic acids is 1. The monoisotopic (exact) mass is 458 g/mol. The number of benzene rings is 3. The van der Waals surface area contributed by atoms with Crippen molar-refractivity contribution in [2.45, 2.75) is 16.6 Å². The zero-order valence-electron chi connectivity index (χ0n) is 17.6. The molecular formula is C25H22N4O3S. The number of hydrogen-bond donors (Lipinski definition) is 4. The number of carbonyl (C=O) groups is 2. The number of hydrogen-bond acceptors (Lipinski definition) is 5. The van der Waals surface area contributed by atoms with Crippen LogP contribution in [0.1, 0.15) is 27.6 Å². The maximum atomic E-state index is 12.6. The van der Waals surface area contributed by atoms with E-state index in [1.165, 1.54) is 11.8 Å². The van der Waals surface area contributed by atoms with Crippen molar-refractivity contribution in [2.75, 3.05) is 10.6 Å². The maximum absolute atomic E-state index is 12.6. The third kappa shape index (κ3) is 6.24. The van der Waals surface area contributed by atoms with Gasteiger partial charge in [0.15, 0.2) is 0 Å². The van der Waals surface area contributed by atoms with Gasteiger partial charge in [0.05, 0.1) is 6.42 Å². The zero-order chi connectivity index (χ0) is 23.0. The molecular weight excluding hydrogens is 436 g/mol. The normalized spacial score (nSPS) is 11.5. The molecule has 8 heteroatoms. The van der Waals surface area contributed by atoms with Crippen LogP contribution in [0.2, 0.25) is 0 Å². The van der Waals surface area contributed by atoms with Gasteiger partial charge in [0, 0.05) is 39.5 Å². The number of nitrogens with one attached hydrogen (secondary N) is 3. The summed E-state index contributed by atoms with van der Waals surface area (Å²) in [5, 5.41) is 15.1. The quantitative estimate of drug-likeness (QED) is 0.239. The van der Waals surface area contributed by atoms with E-state index in [1.807, 2.05) is 66.7 Å². The van der Waals surface area contributed by atoms with Crippen LogP contribution in [-0.2, 0) is 4.79 Å². The van der Waals surface area contributed by atoms with Crippen LogP contribution in [-0.4, -0.2) is 27.0 Å². The number of thioether (sulfide) groups is 1. The van der Waals surface area contributed by atoms with Gasteiger partial charge >= 0.3 is 5.97 Å². The van der Waals surface area contributed by atoms with Gasteiger partial charge in [-0.3, -0.25) is 9.59 Å². The molecule has 0 aliphatic carbocycles. The number of amides is 1. The number of aromatic nitrogens is 2. The van der Waals surface area contributed by atoms with Crippen molar-refractivity contribution in [1.82, 2.24) is 9.97 Å². The van der Waals surface area contributed by atoms with Crippen LogP contribution < -0.4 is 10.6 Å². The van der Waals surface area contributed by atoms with Crippen molar-refractivity contribution in [3.63, 3.8) is 0 Å². The van der Waals surface area contributed by atoms with Gasteiger partial charge in [0.2, 0.25) is 5.95 Å². The smallest absolute Gasteiger partial charge is 0.304 e. The molecule has 1 heterocycles. The van der Waals surface area contributed by atoms with Crippen LogP contribution in [0, 0.1) is 0 Å². The minimum absolute atomic E-state index is 0.0257. The number of aromatic amines is 1. The van der Waals surface area contributed by atoms with Crippen molar-refractivity contribution >= 4 is 41.0 Å². The highest BCUT2D eigenvalue weighted by molar-refractivity contribution is 7.99. The van der Waals surface area contributed by atoms with Gasteiger partial charge in [-0.2, -0.15) is 0 Å². The highest BCUT2D eigenvalue weighted by Crippen LogP contribution is 2.38. The maximum Gasteiger partial charge on any atom is 0.304 e. The van der Waals surface area contributed by atoms with Gasteiger partial charge in [-0.25, -0.2) is 4.98 Å². The molecule has 7 nitrogen and oxygen atoms in total. The van der Waals surface area contributed by atoms with Gasteiger partial charge in [-0.1, -0.05) is 30.3 Å². The Labute approximate surface area is 195 Å². The molecule has 3 aromatic carbocycles. The number of rotatable bonds is 9. The van der Waals surface area contributed by atoms with Gasteiger partial charge in [-0.15, -0.1) is 11.8 Å². The molecule has 0 saturated heterocycles. The van der Waals surface area contributed by atoms with Gasteiger partial charge < -0.3 is 20.7 Å².